The molecule has 1 aliphatic heterocycles. The molecule has 0 spiro atoms. The molecule has 1 fully saturated rings. The molecule has 106 valence electrons. The van der Waals surface area contributed by atoms with E-state index in [1.165, 1.54) is 6.33 Å². The van der Waals surface area contributed by atoms with E-state index in [-0.39, 0.29) is 0 Å². The number of pyridine rings is 1. The molecule has 0 unspecified atom stereocenters. The third-order valence-corrected chi connectivity index (χ3v) is 3.96. The van der Waals surface area contributed by atoms with Gasteiger partial charge < -0.3 is 14.5 Å². The van der Waals surface area contributed by atoms with Crippen molar-refractivity contribution in [3.8, 4) is 5.88 Å². The highest BCUT2D eigenvalue weighted by molar-refractivity contribution is 6.35. The lowest BCUT2D eigenvalue weighted by Crippen LogP contribution is -2.57. The fourth-order valence-corrected chi connectivity index (χ4v) is 2.62. The molecule has 7 heteroatoms. The van der Waals surface area contributed by atoms with Crippen LogP contribution in [0.3, 0.4) is 0 Å². The number of hydrogen-bond acceptors (Lipinski definition) is 6. The highest BCUT2D eigenvalue weighted by atomic mass is 35.5. The Hall–Kier alpha value is -1.66. The predicted octanol–water partition coefficient (Wildman–Crippen LogP) is 1.44. The number of methoxy groups -OCH3 is 1. The summed E-state index contributed by atoms with van der Waals surface area (Å²) < 4.78 is 5.38. The smallest absolute Gasteiger partial charge is 0.238 e. The van der Waals surface area contributed by atoms with E-state index in [1.54, 1.807) is 13.3 Å². The molecule has 2 aromatic heterocycles. The molecule has 0 N–H and O–H groups in total. The minimum absolute atomic E-state index is 0.430. The quantitative estimate of drug-likeness (QED) is 0.798. The third kappa shape index (κ3) is 2.05. The Balaban J connectivity index is 2.08. The van der Waals surface area contributed by atoms with Gasteiger partial charge in [0.05, 0.1) is 24.2 Å². The Morgan fingerprint density at radius 1 is 1.30 bits per heavy atom. The number of nitrogens with zero attached hydrogens (tertiary/aromatic N) is 5. The van der Waals surface area contributed by atoms with Gasteiger partial charge in [0.25, 0.3) is 0 Å². The molecule has 3 rings (SSSR count). The van der Waals surface area contributed by atoms with E-state index in [0.717, 1.165) is 29.7 Å². The Labute approximate surface area is 122 Å². The lowest BCUT2D eigenvalue weighted by Gasteiger charge is -2.44. The SMILES string of the molecule is COc1ncc2ncnc(Cl)c2c1N1CC(N(C)C)C1. The number of ether oxygens (including phenoxy) is 1. The first-order valence-electron chi connectivity index (χ1n) is 6.36. The summed E-state index contributed by atoms with van der Waals surface area (Å²) in [6.07, 6.45) is 3.11. The van der Waals surface area contributed by atoms with Crippen LogP contribution >= 0.6 is 11.6 Å². The predicted molar refractivity (Wildman–Crippen MR) is 78.6 cm³/mol. The average molecular weight is 294 g/mol. The number of fused-ring (bicyclic) bond motifs is 1. The van der Waals surface area contributed by atoms with Crippen LogP contribution in [0.4, 0.5) is 5.69 Å². The van der Waals surface area contributed by atoms with E-state index in [2.05, 4.69) is 38.8 Å². The molecule has 0 aliphatic carbocycles. The summed E-state index contributed by atoms with van der Waals surface area (Å²) >= 11 is 6.24. The molecule has 1 saturated heterocycles. The molecule has 0 bridgehead atoms. The van der Waals surface area contributed by atoms with Crippen molar-refractivity contribution in [2.24, 2.45) is 0 Å². The van der Waals surface area contributed by atoms with Crippen molar-refractivity contribution in [1.29, 1.82) is 0 Å². The maximum Gasteiger partial charge on any atom is 0.238 e. The summed E-state index contributed by atoms with van der Waals surface area (Å²) in [5.74, 6) is 0.561. The molecule has 3 heterocycles. The minimum Gasteiger partial charge on any atom is -0.479 e. The van der Waals surface area contributed by atoms with Gasteiger partial charge in [0.2, 0.25) is 5.88 Å². The minimum atomic E-state index is 0.430. The van der Waals surface area contributed by atoms with Gasteiger partial charge in [0.1, 0.15) is 17.2 Å². The molecule has 1 aliphatic rings. The topological polar surface area (TPSA) is 54.4 Å². The van der Waals surface area contributed by atoms with Crippen molar-refractivity contribution in [2.45, 2.75) is 6.04 Å². The van der Waals surface area contributed by atoms with Crippen LogP contribution in [-0.2, 0) is 0 Å². The standard InChI is InChI=1S/C13H16ClN5O/c1-18(2)8-5-19(6-8)11-10-9(4-15-13(11)20-3)16-7-17-12(10)14/h4,7-8H,5-6H2,1-3H3. The monoisotopic (exact) mass is 293 g/mol. The van der Waals surface area contributed by atoms with E-state index in [9.17, 15) is 0 Å². The second-order valence-electron chi connectivity index (χ2n) is 5.06. The zero-order chi connectivity index (χ0) is 14.3. The van der Waals surface area contributed by atoms with Crippen LogP contribution in [0.2, 0.25) is 5.15 Å². The van der Waals surface area contributed by atoms with Crippen LogP contribution in [0.1, 0.15) is 0 Å². The van der Waals surface area contributed by atoms with Crippen molar-refractivity contribution >= 4 is 28.2 Å². The lowest BCUT2D eigenvalue weighted by molar-refractivity contribution is 0.245. The molecular weight excluding hydrogens is 278 g/mol. The maximum atomic E-state index is 6.24. The number of halogens is 1. The molecule has 20 heavy (non-hydrogen) atoms. The molecule has 0 radical (unpaired) electrons. The van der Waals surface area contributed by atoms with Crippen LogP contribution in [0.25, 0.3) is 10.9 Å². The molecular formula is C13H16ClN5O. The summed E-state index contributed by atoms with van der Waals surface area (Å²) in [5.41, 5.74) is 1.61. The van der Waals surface area contributed by atoms with Gasteiger partial charge in [0, 0.05) is 19.1 Å². The van der Waals surface area contributed by atoms with E-state index >= 15 is 0 Å². The van der Waals surface area contributed by atoms with Gasteiger partial charge in [-0.15, -0.1) is 0 Å². The first-order valence-corrected chi connectivity index (χ1v) is 6.74. The van der Waals surface area contributed by atoms with Crippen LogP contribution in [-0.4, -0.2) is 60.2 Å². The lowest BCUT2D eigenvalue weighted by atomic mass is 10.1. The number of rotatable bonds is 3. The summed E-state index contributed by atoms with van der Waals surface area (Å²) in [4.78, 5) is 17.0. The van der Waals surface area contributed by atoms with E-state index in [1.807, 2.05) is 0 Å². The summed E-state index contributed by atoms with van der Waals surface area (Å²) in [6, 6.07) is 0.526. The average Bonchev–Trinajstić information content (AvgIpc) is 2.36. The zero-order valence-corrected chi connectivity index (χ0v) is 12.4. The Morgan fingerprint density at radius 3 is 2.70 bits per heavy atom. The maximum absolute atomic E-state index is 6.24. The van der Waals surface area contributed by atoms with Gasteiger partial charge in [-0.2, -0.15) is 0 Å². The van der Waals surface area contributed by atoms with Gasteiger partial charge >= 0.3 is 0 Å². The molecule has 0 saturated carbocycles. The van der Waals surface area contributed by atoms with Crippen LogP contribution < -0.4 is 9.64 Å². The van der Waals surface area contributed by atoms with Crippen molar-refractivity contribution in [3.63, 3.8) is 0 Å². The second kappa shape index (κ2) is 5.03. The van der Waals surface area contributed by atoms with E-state index < -0.39 is 0 Å². The number of likely N-dealkylation sites (N-methyl/N-ethyl adjacent to an activating group) is 1. The molecule has 2 aromatic rings. The van der Waals surface area contributed by atoms with E-state index in [4.69, 9.17) is 16.3 Å². The summed E-state index contributed by atoms with van der Waals surface area (Å²) in [7, 11) is 5.77. The van der Waals surface area contributed by atoms with Crippen molar-refractivity contribution < 1.29 is 4.74 Å². The third-order valence-electron chi connectivity index (χ3n) is 3.68. The highest BCUT2D eigenvalue weighted by Gasteiger charge is 2.32. The van der Waals surface area contributed by atoms with E-state index in [0.29, 0.717) is 17.1 Å². The van der Waals surface area contributed by atoms with Crippen LogP contribution in [0.15, 0.2) is 12.5 Å². The largest absolute Gasteiger partial charge is 0.479 e. The van der Waals surface area contributed by atoms with Crippen molar-refractivity contribution in [1.82, 2.24) is 19.9 Å². The molecule has 0 atom stereocenters. The van der Waals surface area contributed by atoms with Gasteiger partial charge in [-0.1, -0.05) is 11.6 Å². The van der Waals surface area contributed by atoms with Crippen molar-refractivity contribution in [3.05, 3.63) is 17.7 Å². The fourth-order valence-electron chi connectivity index (χ4n) is 2.39. The Bertz CT molecular complexity index is 642. The number of hydrogen-bond donors (Lipinski definition) is 0. The number of anilines is 1. The number of aromatic nitrogens is 3. The van der Waals surface area contributed by atoms with Gasteiger partial charge in [-0.25, -0.2) is 15.0 Å². The fraction of sp³-hybridized carbons (Fsp3) is 0.462. The Kier molecular flexibility index (Phi) is 3.35. The highest BCUT2D eigenvalue weighted by Crippen LogP contribution is 2.39. The van der Waals surface area contributed by atoms with Gasteiger partial charge in [-0.05, 0) is 14.1 Å². The first-order chi connectivity index (χ1) is 9.61. The van der Waals surface area contributed by atoms with Crippen LogP contribution in [0, 0.1) is 0 Å². The zero-order valence-electron chi connectivity index (χ0n) is 11.7. The summed E-state index contributed by atoms with van der Waals surface area (Å²) in [6.45, 7) is 1.82. The Morgan fingerprint density at radius 2 is 2.05 bits per heavy atom. The molecule has 6 nitrogen and oxygen atoms in total. The normalized spacial score (nSPS) is 15.8. The first kappa shape index (κ1) is 13.3. The van der Waals surface area contributed by atoms with Gasteiger partial charge in [0.15, 0.2) is 0 Å². The van der Waals surface area contributed by atoms with Crippen molar-refractivity contribution in [2.75, 3.05) is 39.2 Å². The van der Waals surface area contributed by atoms with Crippen LogP contribution in [0.5, 0.6) is 5.88 Å². The molecule has 0 amide bonds. The second-order valence-corrected chi connectivity index (χ2v) is 5.42. The van der Waals surface area contributed by atoms with Gasteiger partial charge in [-0.3, -0.25) is 0 Å². The molecule has 0 aromatic carbocycles. The summed E-state index contributed by atoms with van der Waals surface area (Å²) in [5, 5.41) is 1.23.